The van der Waals surface area contributed by atoms with Gasteiger partial charge in [0.05, 0.1) is 11.6 Å². The van der Waals surface area contributed by atoms with Crippen molar-refractivity contribution < 1.29 is 0 Å². The molecule has 108 valence electrons. The molecule has 3 heterocycles. The number of nitrogens with two attached hydrogens (primary N) is 1. The van der Waals surface area contributed by atoms with Gasteiger partial charge in [-0.05, 0) is 6.42 Å². The predicted molar refractivity (Wildman–Crippen MR) is 82.9 cm³/mol. The van der Waals surface area contributed by atoms with Gasteiger partial charge in [0, 0.05) is 23.6 Å². The van der Waals surface area contributed by atoms with Crippen molar-refractivity contribution in [2.24, 2.45) is 5.84 Å². The number of aromatic nitrogens is 4. The molecule has 1 fully saturated rings. The van der Waals surface area contributed by atoms with Crippen LogP contribution in [0.4, 0.5) is 11.8 Å². The third kappa shape index (κ3) is 2.53. The van der Waals surface area contributed by atoms with Crippen LogP contribution in [-0.4, -0.2) is 43.8 Å². The van der Waals surface area contributed by atoms with E-state index in [9.17, 15) is 0 Å². The number of H-pyrrole nitrogens is 1. The molecule has 4 N–H and O–H groups in total. The van der Waals surface area contributed by atoms with Crippen molar-refractivity contribution >= 4 is 34.6 Å². The van der Waals surface area contributed by atoms with Crippen LogP contribution in [0.3, 0.4) is 0 Å². The zero-order valence-corrected chi connectivity index (χ0v) is 12.5. The van der Waals surface area contributed by atoms with Crippen LogP contribution >= 0.6 is 11.8 Å². The number of nitrogens with zero attached hydrogens (tertiary/aromatic N) is 4. The molecule has 0 bridgehead atoms. The van der Waals surface area contributed by atoms with Crippen LogP contribution in [0.15, 0.2) is 6.20 Å². The summed E-state index contributed by atoms with van der Waals surface area (Å²) in [6.07, 6.45) is 2.89. The molecule has 0 unspecified atom stereocenters. The lowest BCUT2D eigenvalue weighted by Crippen LogP contribution is -2.28. The summed E-state index contributed by atoms with van der Waals surface area (Å²) in [6, 6.07) is 0. The Morgan fingerprint density at radius 2 is 2.25 bits per heavy atom. The third-order valence-corrected chi connectivity index (χ3v) is 4.93. The summed E-state index contributed by atoms with van der Waals surface area (Å²) < 4.78 is 0.312. The van der Waals surface area contributed by atoms with Crippen LogP contribution in [0.5, 0.6) is 0 Å². The van der Waals surface area contributed by atoms with Gasteiger partial charge in [0.1, 0.15) is 5.82 Å². The van der Waals surface area contributed by atoms with Gasteiger partial charge in [-0.3, -0.25) is 10.5 Å². The molecule has 0 aliphatic carbocycles. The maximum atomic E-state index is 5.45. The quantitative estimate of drug-likeness (QED) is 0.568. The first-order valence-electron chi connectivity index (χ1n) is 6.66. The summed E-state index contributed by atoms with van der Waals surface area (Å²) in [7, 11) is 0. The van der Waals surface area contributed by atoms with Gasteiger partial charge in [-0.1, -0.05) is 13.8 Å². The first-order chi connectivity index (χ1) is 9.59. The van der Waals surface area contributed by atoms with Crippen LogP contribution in [0.2, 0.25) is 0 Å². The Morgan fingerprint density at radius 1 is 1.40 bits per heavy atom. The fraction of sp³-hybridized carbons (Fsp3) is 0.583. The Bertz CT molecular complexity index is 609. The van der Waals surface area contributed by atoms with Gasteiger partial charge in [-0.25, -0.2) is 5.84 Å². The van der Waals surface area contributed by atoms with Crippen molar-refractivity contribution in [1.82, 2.24) is 20.2 Å². The highest BCUT2D eigenvalue weighted by atomic mass is 32.2. The van der Waals surface area contributed by atoms with Crippen LogP contribution in [0.1, 0.15) is 20.3 Å². The molecule has 0 saturated carbocycles. The Labute approximate surface area is 121 Å². The van der Waals surface area contributed by atoms with Gasteiger partial charge < -0.3 is 4.90 Å². The molecule has 1 saturated heterocycles. The second-order valence-electron chi connectivity index (χ2n) is 5.49. The molecule has 0 amide bonds. The standard InChI is InChI=1S/C12H19N7S/c1-12(2)3-4-19(5-6-20-12)10-8-7-14-18-9(8)15-11(16-10)17-13/h7H,3-6,13H2,1-2H3,(H2,14,15,16,17,18). The third-order valence-electron chi connectivity index (χ3n) is 3.56. The Kier molecular flexibility index (Phi) is 3.43. The van der Waals surface area contributed by atoms with Crippen molar-refractivity contribution in [1.29, 1.82) is 0 Å². The summed E-state index contributed by atoms with van der Waals surface area (Å²) in [5, 5.41) is 7.87. The fourth-order valence-corrected chi connectivity index (χ4v) is 3.46. The minimum atomic E-state index is 0.312. The van der Waals surface area contributed by atoms with E-state index < -0.39 is 0 Å². The normalized spacial score (nSPS) is 19.1. The Morgan fingerprint density at radius 3 is 3.05 bits per heavy atom. The fourth-order valence-electron chi connectivity index (χ4n) is 2.36. The highest BCUT2D eigenvalue weighted by Crippen LogP contribution is 2.33. The van der Waals surface area contributed by atoms with E-state index in [1.54, 1.807) is 6.20 Å². The SMILES string of the molecule is CC1(C)CCN(c2nc(NN)nc3[nH]ncc23)CCS1. The Hall–Kier alpha value is -1.54. The maximum Gasteiger partial charge on any atom is 0.241 e. The van der Waals surface area contributed by atoms with E-state index in [2.05, 4.69) is 44.3 Å². The van der Waals surface area contributed by atoms with E-state index in [-0.39, 0.29) is 0 Å². The molecule has 2 aromatic heterocycles. The van der Waals surface area contributed by atoms with Gasteiger partial charge in [0.25, 0.3) is 0 Å². The number of hydrogen-bond donors (Lipinski definition) is 3. The number of aromatic amines is 1. The summed E-state index contributed by atoms with van der Waals surface area (Å²) in [6.45, 7) is 6.53. The first-order valence-corrected chi connectivity index (χ1v) is 7.64. The van der Waals surface area contributed by atoms with Crippen LogP contribution in [0.25, 0.3) is 11.0 Å². The molecule has 8 heteroatoms. The summed E-state index contributed by atoms with van der Waals surface area (Å²) in [4.78, 5) is 11.1. The van der Waals surface area contributed by atoms with Gasteiger partial charge >= 0.3 is 0 Å². The number of hydrogen-bond acceptors (Lipinski definition) is 7. The molecule has 0 radical (unpaired) electrons. The van der Waals surface area contributed by atoms with E-state index >= 15 is 0 Å². The average molecular weight is 293 g/mol. The average Bonchev–Trinajstić information content (AvgIpc) is 2.82. The largest absolute Gasteiger partial charge is 0.355 e. The second kappa shape index (κ2) is 5.10. The summed E-state index contributed by atoms with van der Waals surface area (Å²) >= 11 is 2.01. The lowest BCUT2D eigenvalue weighted by molar-refractivity contribution is 0.636. The molecular formula is C12H19N7S. The minimum absolute atomic E-state index is 0.312. The van der Waals surface area contributed by atoms with Crippen LogP contribution in [-0.2, 0) is 0 Å². The molecule has 7 nitrogen and oxygen atoms in total. The molecular weight excluding hydrogens is 274 g/mol. The Balaban J connectivity index is 1.98. The highest BCUT2D eigenvalue weighted by Gasteiger charge is 2.25. The van der Waals surface area contributed by atoms with Crippen molar-refractivity contribution in [2.45, 2.75) is 25.0 Å². The van der Waals surface area contributed by atoms with Crippen molar-refractivity contribution in [3.63, 3.8) is 0 Å². The van der Waals surface area contributed by atoms with Gasteiger partial charge in [-0.2, -0.15) is 26.8 Å². The topological polar surface area (TPSA) is 95.8 Å². The summed E-state index contributed by atoms with van der Waals surface area (Å²) in [5.41, 5.74) is 3.23. The second-order valence-corrected chi connectivity index (χ2v) is 7.29. The highest BCUT2D eigenvalue weighted by molar-refractivity contribution is 8.00. The molecule has 0 aromatic carbocycles. The number of hydrazine groups is 1. The van der Waals surface area contributed by atoms with Crippen LogP contribution in [0, 0.1) is 0 Å². The van der Waals surface area contributed by atoms with Crippen molar-refractivity contribution in [2.75, 3.05) is 29.2 Å². The van der Waals surface area contributed by atoms with Crippen molar-refractivity contribution in [3.05, 3.63) is 6.20 Å². The number of thioether (sulfide) groups is 1. The molecule has 20 heavy (non-hydrogen) atoms. The number of anilines is 2. The molecule has 0 spiro atoms. The van der Waals surface area contributed by atoms with E-state index in [0.29, 0.717) is 16.3 Å². The van der Waals surface area contributed by atoms with Crippen molar-refractivity contribution in [3.8, 4) is 0 Å². The minimum Gasteiger partial charge on any atom is -0.355 e. The van der Waals surface area contributed by atoms with E-state index in [1.807, 2.05) is 11.8 Å². The van der Waals surface area contributed by atoms with Gasteiger partial charge in [0.2, 0.25) is 5.95 Å². The molecule has 0 atom stereocenters. The maximum absolute atomic E-state index is 5.45. The zero-order chi connectivity index (χ0) is 14.2. The molecule has 2 aromatic rings. The smallest absolute Gasteiger partial charge is 0.241 e. The number of rotatable bonds is 2. The number of fused-ring (bicyclic) bond motifs is 1. The molecule has 1 aliphatic heterocycles. The first kappa shape index (κ1) is 13.4. The lowest BCUT2D eigenvalue weighted by atomic mass is 10.1. The predicted octanol–water partition coefficient (Wildman–Crippen LogP) is 1.36. The van der Waals surface area contributed by atoms with Crippen LogP contribution < -0.4 is 16.2 Å². The monoisotopic (exact) mass is 293 g/mol. The number of nitrogens with one attached hydrogen (secondary N) is 2. The van der Waals surface area contributed by atoms with E-state index in [1.165, 1.54) is 0 Å². The number of nitrogen functional groups attached to an aromatic ring is 1. The van der Waals surface area contributed by atoms with Gasteiger partial charge in [0.15, 0.2) is 5.65 Å². The van der Waals surface area contributed by atoms with E-state index in [4.69, 9.17) is 5.84 Å². The lowest BCUT2D eigenvalue weighted by Gasteiger charge is -2.24. The molecule has 1 aliphatic rings. The zero-order valence-electron chi connectivity index (χ0n) is 11.7. The summed E-state index contributed by atoms with van der Waals surface area (Å²) in [5.74, 6) is 7.84. The van der Waals surface area contributed by atoms with E-state index in [0.717, 1.165) is 36.5 Å². The van der Waals surface area contributed by atoms with Gasteiger partial charge in [-0.15, -0.1) is 0 Å². The molecule has 3 rings (SSSR count).